The molecule has 3 unspecified atom stereocenters. The molecule has 0 fully saturated rings. The van der Waals surface area contributed by atoms with Gasteiger partial charge in [0.2, 0.25) is 0 Å². The molecule has 498 valence electrons. The van der Waals surface area contributed by atoms with Gasteiger partial charge in [-0.05, 0) is 37.5 Å². The molecule has 84 heavy (non-hydrogen) atoms. The summed E-state index contributed by atoms with van der Waals surface area (Å²) in [5.41, 5.74) is 0. The van der Waals surface area contributed by atoms with Crippen LogP contribution in [-0.2, 0) is 65.4 Å². The van der Waals surface area contributed by atoms with Gasteiger partial charge in [-0.2, -0.15) is 0 Å². The number of hydrogen-bond donors (Lipinski definition) is 3. The molecule has 17 nitrogen and oxygen atoms in total. The molecule has 0 aromatic heterocycles. The zero-order valence-electron chi connectivity index (χ0n) is 54.2. The summed E-state index contributed by atoms with van der Waals surface area (Å²) in [5.74, 6) is -0.614. The lowest BCUT2D eigenvalue weighted by atomic mass is 9.99. The zero-order chi connectivity index (χ0) is 62.2. The highest BCUT2D eigenvalue weighted by molar-refractivity contribution is 7.47. The molecule has 3 N–H and O–H groups in total. The van der Waals surface area contributed by atoms with Gasteiger partial charge in [0.25, 0.3) is 0 Å². The summed E-state index contributed by atoms with van der Waals surface area (Å²) >= 11 is 0. The first-order valence-corrected chi connectivity index (χ1v) is 37.0. The van der Waals surface area contributed by atoms with E-state index >= 15 is 0 Å². The molecule has 0 amide bonds. The van der Waals surface area contributed by atoms with Crippen LogP contribution >= 0.6 is 15.6 Å². The van der Waals surface area contributed by atoms with E-state index in [1.54, 1.807) is 0 Å². The summed E-state index contributed by atoms with van der Waals surface area (Å²) in [6, 6.07) is 0. The fourth-order valence-electron chi connectivity index (χ4n) is 9.68. The Kier molecular flexibility index (Phi) is 56.2. The van der Waals surface area contributed by atoms with Gasteiger partial charge in [-0.3, -0.25) is 37.3 Å². The van der Waals surface area contributed by atoms with Crippen molar-refractivity contribution in [2.45, 2.75) is 342 Å². The largest absolute Gasteiger partial charge is 0.472 e. The third kappa shape index (κ3) is 57.8. The Bertz CT molecular complexity index is 1650. The number of rotatable bonds is 64. The van der Waals surface area contributed by atoms with E-state index in [-0.39, 0.29) is 25.7 Å². The Balaban J connectivity index is 5.18. The van der Waals surface area contributed by atoms with Crippen LogP contribution in [0.15, 0.2) is 0 Å². The molecule has 0 aliphatic carbocycles. The van der Waals surface area contributed by atoms with Crippen LogP contribution in [-0.4, -0.2) is 96.7 Å². The van der Waals surface area contributed by atoms with E-state index in [1.807, 2.05) is 0 Å². The quantitative estimate of drug-likeness (QED) is 0.0222. The number of carbonyl (C=O) groups is 4. The van der Waals surface area contributed by atoms with Crippen molar-refractivity contribution >= 4 is 39.5 Å². The van der Waals surface area contributed by atoms with Gasteiger partial charge in [0.05, 0.1) is 26.4 Å². The van der Waals surface area contributed by atoms with Crippen molar-refractivity contribution in [1.82, 2.24) is 0 Å². The second-order valence-corrected chi connectivity index (χ2v) is 27.1. The summed E-state index contributed by atoms with van der Waals surface area (Å²) in [4.78, 5) is 72.1. The molecule has 0 aliphatic heterocycles. The minimum absolute atomic E-state index is 0.104. The first-order chi connectivity index (χ1) is 40.4. The first kappa shape index (κ1) is 82.1. The highest BCUT2D eigenvalue weighted by Gasteiger charge is 2.30. The van der Waals surface area contributed by atoms with Crippen LogP contribution in [0.3, 0.4) is 0 Å². The minimum Gasteiger partial charge on any atom is -0.462 e. The monoisotopic (exact) mass is 1240 g/mol. The van der Waals surface area contributed by atoms with E-state index in [2.05, 4.69) is 41.5 Å². The highest BCUT2D eigenvalue weighted by atomic mass is 31.2. The van der Waals surface area contributed by atoms with E-state index in [0.717, 1.165) is 108 Å². The van der Waals surface area contributed by atoms with Gasteiger partial charge in [0, 0.05) is 25.7 Å². The predicted octanol–water partition coefficient (Wildman–Crippen LogP) is 18.0. The molecular weight excluding hydrogens is 1110 g/mol. The number of unbranched alkanes of at least 4 members (excludes halogenated alkanes) is 33. The molecule has 0 bridgehead atoms. The van der Waals surface area contributed by atoms with Gasteiger partial charge in [0.1, 0.15) is 19.3 Å². The summed E-state index contributed by atoms with van der Waals surface area (Å²) < 4.78 is 67.9. The number of phosphoric ester groups is 2. The normalized spacial score (nSPS) is 14.6. The third-order valence-corrected chi connectivity index (χ3v) is 17.2. The van der Waals surface area contributed by atoms with Gasteiger partial charge in [0.15, 0.2) is 12.2 Å². The number of phosphoric acid groups is 2. The Morgan fingerprint density at radius 2 is 0.607 bits per heavy atom. The fraction of sp³-hybridized carbons (Fsp3) is 0.938. The minimum atomic E-state index is -4.94. The maximum atomic E-state index is 13.0. The van der Waals surface area contributed by atoms with E-state index in [4.69, 9.17) is 37.0 Å². The molecule has 0 heterocycles. The molecule has 0 aromatic carbocycles. The smallest absolute Gasteiger partial charge is 0.462 e. The van der Waals surface area contributed by atoms with Crippen molar-refractivity contribution in [3.05, 3.63) is 0 Å². The Morgan fingerprint density at radius 1 is 0.345 bits per heavy atom. The molecule has 0 spiro atoms. The van der Waals surface area contributed by atoms with Gasteiger partial charge in [-0.25, -0.2) is 9.13 Å². The van der Waals surface area contributed by atoms with Crippen molar-refractivity contribution in [1.29, 1.82) is 0 Å². The van der Waals surface area contributed by atoms with Crippen molar-refractivity contribution in [3.8, 4) is 0 Å². The molecular formula is C65H126O17P2. The zero-order valence-corrected chi connectivity index (χ0v) is 56.0. The maximum Gasteiger partial charge on any atom is 0.472 e. The van der Waals surface area contributed by atoms with Gasteiger partial charge < -0.3 is 33.8 Å². The molecule has 0 radical (unpaired) electrons. The molecule has 0 rings (SSSR count). The Labute approximate surface area is 511 Å². The Hall–Kier alpha value is -1.94. The number of hydrogen-bond acceptors (Lipinski definition) is 15. The van der Waals surface area contributed by atoms with Gasteiger partial charge in [-0.1, -0.05) is 273 Å². The van der Waals surface area contributed by atoms with Crippen LogP contribution in [0.2, 0.25) is 0 Å². The van der Waals surface area contributed by atoms with Crippen LogP contribution < -0.4 is 0 Å². The van der Waals surface area contributed by atoms with Crippen molar-refractivity contribution in [3.63, 3.8) is 0 Å². The summed E-state index contributed by atoms with van der Waals surface area (Å²) in [7, 11) is -9.88. The average molecular weight is 1240 g/mol. The van der Waals surface area contributed by atoms with Crippen LogP contribution in [0.4, 0.5) is 0 Å². The van der Waals surface area contributed by atoms with Crippen LogP contribution in [0.1, 0.15) is 324 Å². The molecule has 0 aromatic rings. The van der Waals surface area contributed by atoms with Crippen molar-refractivity contribution in [2.75, 3.05) is 39.6 Å². The van der Waals surface area contributed by atoms with Crippen LogP contribution in [0.25, 0.3) is 0 Å². The standard InChI is InChI=1S/C65H126O17P2/c1-7-10-12-14-15-16-17-18-19-20-25-31-37-43-49-64(69)82-61(54-76-63(68)48-42-36-30-24-22-21-23-28-34-39-45-57(4)5)56-80-84(73,74)78-52-59(66)51-77-83(71,72)79-55-60(53-75-62(67)47-41-33-13-11-8-2)81-65(70)50-44-38-32-27-26-29-35-40-46-58(6)9-3/h57-61,66H,7-56H2,1-6H3,(H,71,72)(H,73,74)/t58?,59-,60+,61+/m0/s1. The summed E-state index contributed by atoms with van der Waals surface area (Å²) in [6.45, 7) is 9.41. The van der Waals surface area contributed by atoms with Crippen LogP contribution in [0, 0.1) is 11.8 Å². The molecule has 0 saturated carbocycles. The van der Waals surface area contributed by atoms with Crippen molar-refractivity contribution < 1.29 is 80.2 Å². The van der Waals surface area contributed by atoms with Gasteiger partial charge >= 0.3 is 39.5 Å². The number of aliphatic hydroxyl groups is 1. The lowest BCUT2D eigenvalue weighted by Crippen LogP contribution is -2.30. The predicted molar refractivity (Wildman–Crippen MR) is 335 cm³/mol. The topological polar surface area (TPSA) is 237 Å². The molecule has 0 saturated heterocycles. The second-order valence-electron chi connectivity index (χ2n) is 24.2. The van der Waals surface area contributed by atoms with E-state index in [0.29, 0.717) is 25.7 Å². The SMILES string of the molecule is CCCCCCCCCCCCCCCCC(=O)O[C@H](COC(=O)CCCCCCCCCCCCC(C)C)COP(=O)(O)OC[C@@H](O)COP(=O)(O)OC[C@@H](COC(=O)CCCCCCC)OC(=O)CCCCCCCCCCC(C)CC. The van der Waals surface area contributed by atoms with E-state index < -0.39 is 97.5 Å². The van der Waals surface area contributed by atoms with Gasteiger partial charge in [-0.15, -0.1) is 0 Å². The number of esters is 4. The number of ether oxygens (including phenoxy) is 4. The van der Waals surface area contributed by atoms with Crippen molar-refractivity contribution in [2.24, 2.45) is 11.8 Å². The Morgan fingerprint density at radius 3 is 0.905 bits per heavy atom. The third-order valence-electron chi connectivity index (χ3n) is 15.3. The summed E-state index contributed by atoms with van der Waals surface area (Å²) in [5, 5.41) is 10.5. The highest BCUT2D eigenvalue weighted by Crippen LogP contribution is 2.45. The second kappa shape index (κ2) is 57.5. The lowest BCUT2D eigenvalue weighted by molar-refractivity contribution is -0.161. The first-order valence-electron chi connectivity index (χ1n) is 34.0. The lowest BCUT2D eigenvalue weighted by Gasteiger charge is -2.21. The summed E-state index contributed by atoms with van der Waals surface area (Å²) in [6.07, 6.45) is 40.6. The molecule has 0 aliphatic rings. The van der Waals surface area contributed by atoms with E-state index in [1.165, 1.54) is 135 Å². The molecule has 6 atom stereocenters. The fourth-order valence-corrected chi connectivity index (χ4v) is 11.3. The molecule has 19 heteroatoms. The maximum absolute atomic E-state index is 13.0. The van der Waals surface area contributed by atoms with E-state index in [9.17, 15) is 43.2 Å². The number of aliphatic hydroxyl groups excluding tert-OH is 1. The number of carbonyl (C=O) groups excluding carboxylic acids is 4. The average Bonchev–Trinajstić information content (AvgIpc) is 3.58. The van der Waals surface area contributed by atoms with Crippen LogP contribution in [0.5, 0.6) is 0 Å².